The zero-order chi connectivity index (χ0) is 11.1. The Labute approximate surface area is 89.0 Å². The Morgan fingerprint density at radius 3 is 2.47 bits per heavy atom. The highest BCUT2D eigenvalue weighted by molar-refractivity contribution is 5.46. The maximum atomic E-state index is 12.7. The minimum absolute atomic E-state index is 0.0222. The van der Waals surface area contributed by atoms with E-state index in [1.807, 2.05) is 5.01 Å². The van der Waals surface area contributed by atoms with Crippen LogP contribution >= 0.6 is 0 Å². The normalized spacial score (nSPS) is 24.5. The van der Waals surface area contributed by atoms with Crippen molar-refractivity contribution in [2.45, 2.75) is 20.0 Å². The first-order valence-electron chi connectivity index (χ1n) is 5.04. The number of rotatable bonds is 1. The number of hydrogen-bond acceptors (Lipinski definition) is 3. The van der Waals surface area contributed by atoms with Gasteiger partial charge in [0.1, 0.15) is 5.82 Å². The Bertz CT molecular complexity index is 347. The maximum absolute atomic E-state index is 12.7. The van der Waals surface area contributed by atoms with Gasteiger partial charge in [-0.25, -0.2) is 9.82 Å². The standard InChI is InChI=1S/C11H16FN3/c1-11(2)7-15(14-10(11)13)9-5-3-8(12)4-6-9/h3-6,10,14H,7,13H2,1-2H3. The summed E-state index contributed by atoms with van der Waals surface area (Å²) >= 11 is 0. The van der Waals surface area contributed by atoms with Crippen molar-refractivity contribution in [2.75, 3.05) is 11.6 Å². The van der Waals surface area contributed by atoms with Crippen LogP contribution < -0.4 is 16.2 Å². The molecule has 1 atom stereocenters. The highest BCUT2D eigenvalue weighted by Crippen LogP contribution is 2.28. The van der Waals surface area contributed by atoms with E-state index in [4.69, 9.17) is 5.73 Å². The lowest BCUT2D eigenvalue weighted by molar-refractivity contribution is 0.341. The topological polar surface area (TPSA) is 41.3 Å². The fraction of sp³-hybridized carbons (Fsp3) is 0.455. The summed E-state index contributed by atoms with van der Waals surface area (Å²) in [6, 6.07) is 6.40. The molecule has 0 amide bonds. The van der Waals surface area contributed by atoms with Crippen molar-refractivity contribution in [3.63, 3.8) is 0 Å². The van der Waals surface area contributed by atoms with Gasteiger partial charge in [-0.05, 0) is 24.3 Å². The minimum atomic E-state index is -0.221. The molecule has 15 heavy (non-hydrogen) atoms. The zero-order valence-corrected chi connectivity index (χ0v) is 9.00. The van der Waals surface area contributed by atoms with Crippen molar-refractivity contribution in [1.82, 2.24) is 5.43 Å². The molecule has 1 heterocycles. The first-order valence-corrected chi connectivity index (χ1v) is 5.04. The van der Waals surface area contributed by atoms with Gasteiger partial charge in [0.05, 0.1) is 11.9 Å². The van der Waals surface area contributed by atoms with Crippen molar-refractivity contribution in [3.05, 3.63) is 30.1 Å². The number of anilines is 1. The lowest BCUT2D eigenvalue weighted by Crippen LogP contribution is -2.43. The molecule has 1 aliphatic heterocycles. The van der Waals surface area contributed by atoms with Crippen LogP contribution in [-0.2, 0) is 0 Å². The molecule has 0 spiro atoms. The van der Waals surface area contributed by atoms with Crippen molar-refractivity contribution in [3.8, 4) is 0 Å². The fourth-order valence-electron chi connectivity index (χ4n) is 1.68. The van der Waals surface area contributed by atoms with E-state index in [1.165, 1.54) is 12.1 Å². The Morgan fingerprint density at radius 1 is 1.40 bits per heavy atom. The third-order valence-corrected chi connectivity index (χ3v) is 2.84. The fourth-order valence-corrected chi connectivity index (χ4v) is 1.68. The minimum Gasteiger partial charge on any atom is -0.314 e. The largest absolute Gasteiger partial charge is 0.314 e. The van der Waals surface area contributed by atoms with Crippen LogP contribution in [0.5, 0.6) is 0 Å². The molecule has 3 N–H and O–H groups in total. The van der Waals surface area contributed by atoms with Gasteiger partial charge in [0.25, 0.3) is 0 Å². The zero-order valence-electron chi connectivity index (χ0n) is 9.00. The SMILES string of the molecule is CC1(C)CN(c2ccc(F)cc2)NC1N. The molecular formula is C11H16FN3. The molecular weight excluding hydrogens is 193 g/mol. The highest BCUT2D eigenvalue weighted by atomic mass is 19.1. The van der Waals surface area contributed by atoms with Gasteiger partial charge in [0, 0.05) is 12.0 Å². The van der Waals surface area contributed by atoms with Gasteiger partial charge in [-0.15, -0.1) is 0 Å². The first kappa shape index (κ1) is 10.4. The summed E-state index contributed by atoms with van der Waals surface area (Å²) in [5.74, 6) is -0.221. The molecule has 0 radical (unpaired) electrons. The van der Waals surface area contributed by atoms with Gasteiger partial charge in [0.15, 0.2) is 0 Å². The number of halogens is 1. The molecule has 1 unspecified atom stereocenters. The molecule has 3 nitrogen and oxygen atoms in total. The van der Waals surface area contributed by atoms with E-state index in [-0.39, 0.29) is 17.4 Å². The second kappa shape index (κ2) is 3.47. The summed E-state index contributed by atoms with van der Waals surface area (Å²) in [5, 5.41) is 1.96. The molecule has 1 aliphatic rings. The van der Waals surface area contributed by atoms with Gasteiger partial charge in [-0.3, -0.25) is 0 Å². The predicted octanol–water partition coefficient (Wildman–Crippen LogP) is 1.46. The Morgan fingerprint density at radius 2 is 2.00 bits per heavy atom. The Kier molecular flexibility index (Phi) is 2.40. The van der Waals surface area contributed by atoms with Crippen LogP contribution in [0.2, 0.25) is 0 Å². The average Bonchev–Trinajstić information content (AvgIpc) is 2.42. The molecule has 2 rings (SSSR count). The van der Waals surface area contributed by atoms with Crippen molar-refractivity contribution < 1.29 is 4.39 Å². The molecule has 0 saturated carbocycles. The van der Waals surface area contributed by atoms with Crippen molar-refractivity contribution in [1.29, 1.82) is 0 Å². The van der Waals surface area contributed by atoms with Crippen LogP contribution in [0, 0.1) is 11.2 Å². The second-order valence-corrected chi connectivity index (χ2v) is 4.66. The third kappa shape index (κ3) is 1.96. The highest BCUT2D eigenvalue weighted by Gasteiger charge is 2.36. The lowest BCUT2D eigenvalue weighted by atomic mass is 9.92. The average molecular weight is 209 g/mol. The van der Waals surface area contributed by atoms with Gasteiger partial charge in [-0.1, -0.05) is 13.8 Å². The summed E-state index contributed by atoms with van der Waals surface area (Å²) < 4.78 is 12.7. The van der Waals surface area contributed by atoms with E-state index in [9.17, 15) is 4.39 Å². The molecule has 82 valence electrons. The van der Waals surface area contributed by atoms with E-state index in [0.717, 1.165) is 12.2 Å². The molecule has 0 bridgehead atoms. The van der Waals surface area contributed by atoms with E-state index in [0.29, 0.717) is 0 Å². The maximum Gasteiger partial charge on any atom is 0.123 e. The van der Waals surface area contributed by atoms with E-state index in [1.54, 1.807) is 12.1 Å². The van der Waals surface area contributed by atoms with Gasteiger partial charge < -0.3 is 10.7 Å². The van der Waals surface area contributed by atoms with Crippen LogP contribution in [0.4, 0.5) is 10.1 Å². The van der Waals surface area contributed by atoms with E-state index in [2.05, 4.69) is 19.3 Å². The molecule has 0 aliphatic carbocycles. The monoisotopic (exact) mass is 209 g/mol. The van der Waals surface area contributed by atoms with Crippen LogP contribution in [-0.4, -0.2) is 12.7 Å². The Hall–Kier alpha value is -1.13. The van der Waals surface area contributed by atoms with Crippen molar-refractivity contribution >= 4 is 5.69 Å². The summed E-state index contributed by atoms with van der Waals surface area (Å²) in [4.78, 5) is 0. The van der Waals surface area contributed by atoms with Gasteiger partial charge in [-0.2, -0.15) is 0 Å². The number of nitrogens with one attached hydrogen (secondary N) is 1. The van der Waals surface area contributed by atoms with Gasteiger partial charge >= 0.3 is 0 Å². The lowest BCUT2D eigenvalue weighted by Gasteiger charge is -2.20. The summed E-state index contributed by atoms with van der Waals surface area (Å²) in [5.41, 5.74) is 10.1. The van der Waals surface area contributed by atoms with Crippen LogP contribution in [0.3, 0.4) is 0 Å². The van der Waals surface area contributed by atoms with Gasteiger partial charge in [0.2, 0.25) is 0 Å². The summed E-state index contributed by atoms with van der Waals surface area (Å²) in [6.45, 7) is 5.03. The second-order valence-electron chi connectivity index (χ2n) is 4.66. The number of hydrazine groups is 1. The molecule has 1 saturated heterocycles. The first-order chi connectivity index (χ1) is 6.99. The van der Waals surface area contributed by atoms with Crippen LogP contribution in [0.15, 0.2) is 24.3 Å². The molecule has 4 heteroatoms. The van der Waals surface area contributed by atoms with Crippen molar-refractivity contribution in [2.24, 2.45) is 11.1 Å². The molecule has 1 aromatic carbocycles. The molecule has 0 aromatic heterocycles. The predicted molar refractivity (Wildman–Crippen MR) is 58.6 cm³/mol. The molecule has 1 aromatic rings. The number of nitrogens with zero attached hydrogens (tertiary/aromatic N) is 1. The van der Waals surface area contributed by atoms with Crippen LogP contribution in [0.25, 0.3) is 0 Å². The number of benzene rings is 1. The number of hydrogen-bond donors (Lipinski definition) is 2. The smallest absolute Gasteiger partial charge is 0.123 e. The molecule has 1 fully saturated rings. The number of nitrogens with two attached hydrogens (primary N) is 1. The Balaban J connectivity index is 2.17. The summed E-state index contributed by atoms with van der Waals surface area (Å²) in [6.07, 6.45) is -0.0671. The van der Waals surface area contributed by atoms with E-state index < -0.39 is 0 Å². The summed E-state index contributed by atoms with van der Waals surface area (Å²) in [7, 11) is 0. The van der Waals surface area contributed by atoms with E-state index >= 15 is 0 Å². The third-order valence-electron chi connectivity index (χ3n) is 2.84. The quantitative estimate of drug-likeness (QED) is 0.735. The van der Waals surface area contributed by atoms with Crippen LogP contribution in [0.1, 0.15) is 13.8 Å².